The molecule has 0 bridgehead atoms. The number of pyridine rings is 1. The minimum atomic E-state index is -0.454. The largest absolute Gasteiger partial charge is 0.476 e. The van der Waals surface area contributed by atoms with Crippen LogP contribution in [0, 0.1) is 17.0 Å². The molecule has 0 spiro atoms. The fourth-order valence-corrected chi connectivity index (χ4v) is 1.21. The fraction of sp³-hybridized carbons (Fsp3) is 0.500. The maximum absolute atomic E-state index is 10.5. The molecular weight excluding hydrogens is 210 g/mol. The van der Waals surface area contributed by atoms with Crippen molar-refractivity contribution >= 4 is 5.69 Å². The molecule has 0 saturated carbocycles. The van der Waals surface area contributed by atoms with E-state index in [1.807, 2.05) is 6.92 Å². The standard InChI is InChI=1S/C10H15N3O3/c1-3-11-6-7-16-10-5-4-9(13(14)15)8(2)12-10/h4-5,11H,3,6-7H2,1-2H3. The molecule has 0 unspecified atom stereocenters. The topological polar surface area (TPSA) is 77.3 Å². The minimum absolute atomic E-state index is 0.0130. The second-order valence-electron chi connectivity index (χ2n) is 3.21. The predicted molar refractivity (Wildman–Crippen MR) is 59.7 cm³/mol. The lowest BCUT2D eigenvalue weighted by Gasteiger charge is -2.06. The molecular formula is C10H15N3O3. The van der Waals surface area contributed by atoms with E-state index in [1.54, 1.807) is 6.92 Å². The summed E-state index contributed by atoms with van der Waals surface area (Å²) in [6, 6.07) is 2.92. The molecule has 1 N–H and O–H groups in total. The van der Waals surface area contributed by atoms with Gasteiger partial charge in [-0.1, -0.05) is 6.92 Å². The number of aryl methyl sites for hydroxylation is 1. The van der Waals surface area contributed by atoms with E-state index in [0.717, 1.165) is 13.1 Å². The molecule has 16 heavy (non-hydrogen) atoms. The van der Waals surface area contributed by atoms with Gasteiger partial charge in [0.15, 0.2) is 0 Å². The highest BCUT2D eigenvalue weighted by molar-refractivity contribution is 5.36. The monoisotopic (exact) mass is 225 g/mol. The predicted octanol–water partition coefficient (Wildman–Crippen LogP) is 1.29. The van der Waals surface area contributed by atoms with Crippen molar-refractivity contribution in [1.82, 2.24) is 10.3 Å². The Labute approximate surface area is 93.8 Å². The molecule has 0 radical (unpaired) electrons. The Morgan fingerprint density at radius 3 is 2.88 bits per heavy atom. The van der Waals surface area contributed by atoms with E-state index in [1.165, 1.54) is 12.1 Å². The summed E-state index contributed by atoms with van der Waals surface area (Å²) in [6.45, 7) is 5.71. The molecule has 0 aliphatic heterocycles. The summed E-state index contributed by atoms with van der Waals surface area (Å²) in [5.41, 5.74) is 0.380. The van der Waals surface area contributed by atoms with Gasteiger partial charge in [0.05, 0.1) is 4.92 Å². The van der Waals surface area contributed by atoms with Crippen LogP contribution in [0.15, 0.2) is 12.1 Å². The van der Waals surface area contributed by atoms with Crippen LogP contribution in [0.4, 0.5) is 5.69 Å². The molecule has 88 valence electrons. The van der Waals surface area contributed by atoms with Gasteiger partial charge in [-0.15, -0.1) is 0 Å². The van der Waals surface area contributed by atoms with Crippen molar-refractivity contribution < 1.29 is 9.66 Å². The Morgan fingerprint density at radius 2 is 2.31 bits per heavy atom. The van der Waals surface area contributed by atoms with Crippen LogP contribution in [0.2, 0.25) is 0 Å². The van der Waals surface area contributed by atoms with Crippen LogP contribution in [-0.4, -0.2) is 29.6 Å². The Bertz CT molecular complexity index is 368. The van der Waals surface area contributed by atoms with Crippen molar-refractivity contribution in [1.29, 1.82) is 0 Å². The summed E-state index contributed by atoms with van der Waals surface area (Å²) in [4.78, 5) is 14.1. The van der Waals surface area contributed by atoms with Crippen molar-refractivity contribution in [3.05, 3.63) is 27.9 Å². The van der Waals surface area contributed by atoms with Crippen LogP contribution in [0.5, 0.6) is 5.88 Å². The Balaban J connectivity index is 2.56. The van der Waals surface area contributed by atoms with Gasteiger partial charge in [0, 0.05) is 18.7 Å². The zero-order valence-electron chi connectivity index (χ0n) is 9.40. The molecule has 0 saturated heterocycles. The van der Waals surface area contributed by atoms with Gasteiger partial charge in [-0.25, -0.2) is 4.98 Å². The Hall–Kier alpha value is -1.69. The van der Waals surface area contributed by atoms with Gasteiger partial charge in [0.25, 0.3) is 5.69 Å². The maximum Gasteiger partial charge on any atom is 0.290 e. The van der Waals surface area contributed by atoms with Gasteiger partial charge in [0.2, 0.25) is 5.88 Å². The van der Waals surface area contributed by atoms with Crippen LogP contribution in [0.3, 0.4) is 0 Å². The number of nitro groups is 1. The minimum Gasteiger partial charge on any atom is -0.476 e. The van der Waals surface area contributed by atoms with Crippen LogP contribution in [0.1, 0.15) is 12.6 Å². The summed E-state index contributed by atoms with van der Waals surface area (Å²) >= 11 is 0. The van der Waals surface area contributed by atoms with Gasteiger partial charge in [-0.3, -0.25) is 10.1 Å². The number of nitrogens with zero attached hydrogens (tertiary/aromatic N) is 2. The van der Waals surface area contributed by atoms with Gasteiger partial charge in [-0.05, 0) is 13.5 Å². The highest BCUT2D eigenvalue weighted by atomic mass is 16.6. The third-order valence-corrected chi connectivity index (χ3v) is 2.01. The lowest BCUT2D eigenvalue weighted by molar-refractivity contribution is -0.385. The van der Waals surface area contributed by atoms with Crippen molar-refractivity contribution in [2.45, 2.75) is 13.8 Å². The smallest absolute Gasteiger partial charge is 0.290 e. The lowest BCUT2D eigenvalue weighted by atomic mass is 10.3. The number of aromatic nitrogens is 1. The molecule has 6 nitrogen and oxygen atoms in total. The highest BCUT2D eigenvalue weighted by Gasteiger charge is 2.11. The molecule has 0 amide bonds. The molecule has 1 aromatic rings. The number of ether oxygens (including phenoxy) is 1. The normalized spacial score (nSPS) is 10.1. The second-order valence-corrected chi connectivity index (χ2v) is 3.21. The fourth-order valence-electron chi connectivity index (χ4n) is 1.21. The molecule has 0 aliphatic carbocycles. The van der Waals surface area contributed by atoms with Crippen LogP contribution >= 0.6 is 0 Å². The van der Waals surface area contributed by atoms with E-state index in [9.17, 15) is 10.1 Å². The number of likely N-dealkylation sites (N-methyl/N-ethyl adjacent to an activating group) is 1. The summed E-state index contributed by atoms with van der Waals surface area (Å²) < 4.78 is 5.33. The first-order valence-corrected chi connectivity index (χ1v) is 5.10. The summed E-state index contributed by atoms with van der Waals surface area (Å²) in [7, 11) is 0. The third kappa shape index (κ3) is 3.47. The summed E-state index contributed by atoms with van der Waals surface area (Å²) in [5, 5.41) is 13.6. The lowest BCUT2D eigenvalue weighted by Crippen LogP contribution is -2.20. The van der Waals surface area contributed by atoms with Crippen molar-refractivity contribution in [3.8, 4) is 5.88 Å². The first-order chi connectivity index (χ1) is 7.65. The van der Waals surface area contributed by atoms with Gasteiger partial charge in [-0.2, -0.15) is 0 Å². The van der Waals surface area contributed by atoms with E-state index in [-0.39, 0.29) is 5.69 Å². The molecule has 1 aromatic heterocycles. The van der Waals surface area contributed by atoms with E-state index in [4.69, 9.17) is 4.74 Å². The summed E-state index contributed by atoms with van der Waals surface area (Å²) in [5.74, 6) is 0.418. The van der Waals surface area contributed by atoms with E-state index in [2.05, 4.69) is 10.3 Å². The number of hydrogen-bond acceptors (Lipinski definition) is 5. The van der Waals surface area contributed by atoms with Gasteiger partial charge in [0.1, 0.15) is 12.3 Å². The number of nitrogens with one attached hydrogen (secondary N) is 1. The molecule has 0 atom stereocenters. The maximum atomic E-state index is 10.5. The zero-order valence-corrected chi connectivity index (χ0v) is 9.40. The van der Waals surface area contributed by atoms with Crippen LogP contribution < -0.4 is 10.1 Å². The highest BCUT2D eigenvalue weighted by Crippen LogP contribution is 2.18. The van der Waals surface area contributed by atoms with Crippen molar-refractivity contribution in [2.75, 3.05) is 19.7 Å². The average molecular weight is 225 g/mol. The first kappa shape index (κ1) is 12.4. The Morgan fingerprint density at radius 1 is 1.56 bits per heavy atom. The number of hydrogen-bond donors (Lipinski definition) is 1. The molecule has 0 aliphatic rings. The number of rotatable bonds is 6. The van der Waals surface area contributed by atoms with E-state index < -0.39 is 4.92 Å². The second kappa shape index (κ2) is 6.02. The summed E-state index contributed by atoms with van der Waals surface area (Å²) in [6.07, 6.45) is 0. The van der Waals surface area contributed by atoms with Gasteiger partial charge >= 0.3 is 0 Å². The molecule has 0 aromatic carbocycles. The quantitative estimate of drug-likeness (QED) is 0.448. The molecule has 1 rings (SSSR count). The SMILES string of the molecule is CCNCCOc1ccc([N+](=O)[O-])c(C)n1. The van der Waals surface area contributed by atoms with Crippen LogP contribution in [0.25, 0.3) is 0 Å². The molecule has 6 heteroatoms. The van der Waals surface area contributed by atoms with Gasteiger partial charge < -0.3 is 10.1 Å². The third-order valence-electron chi connectivity index (χ3n) is 2.01. The Kier molecular flexibility index (Phi) is 4.65. The van der Waals surface area contributed by atoms with E-state index >= 15 is 0 Å². The molecule has 1 heterocycles. The van der Waals surface area contributed by atoms with Crippen molar-refractivity contribution in [2.24, 2.45) is 0 Å². The zero-order chi connectivity index (χ0) is 12.0. The first-order valence-electron chi connectivity index (χ1n) is 5.10. The van der Waals surface area contributed by atoms with E-state index in [0.29, 0.717) is 18.2 Å². The average Bonchev–Trinajstić information content (AvgIpc) is 2.24. The van der Waals surface area contributed by atoms with Crippen LogP contribution in [-0.2, 0) is 0 Å². The molecule has 0 fully saturated rings. The van der Waals surface area contributed by atoms with Crippen molar-refractivity contribution in [3.63, 3.8) is 0 Å².